The maximum atomic E-state index is 13.1. The molecule has 0 saturated carbocycles. The standard InChI is InChI=1S/C25H34N2O5/c1-4-5-10-21(29)27(13-11-16(2)3)19-15-18(25(31)26-12-14-28)22-17-8-6-7-9-20(17)32-24(22)23(19)30/h4,6-9,15-16,19,22-24,28,30H,1,5,10-14H2,2-3H3,(H,26,31). The Morgan fingerprint density at radius 1 is 1.31 bits per heavy atom. The summed E-state index contributed by atoms with van der Waals surface area (Å²) in [6.07, 6.45) is 3.37. The first-order chi connectivity index (χ1) is 15.4. The van der Waals surface area contributed by atoms with Gasteiger partial charge < -0.3 is 25.2 Å². The molecule has 7 heteroatoms. The van der Waals surface area contributed by atoms with E-state index in [0.717, 1.165) is 12.0 Å². The van der Waals surface area contributed by atoms with Crippen LogP contribution in [-0.4, -0.2) is 64.9 Å². The van der Waals surface area contributed by atoms with E-state index >= 15 is 0 Å². The number of hydrogen-bond acceptors (Lipinski definition) is 5. The van der Waals surface area contributed by atoms with E-state index in [4.69, 9.17) is 9.84 Å². The minimum Gasteiger partial charge on any atom is -0.486 e. The summed E-state index contributed by atoms with van der Waals surface area (Å²) in [6, 6.07) is 6.76. The van der Waals surface area contributed by atoms with E-state index in [1.807, 2.05) is 24.3 Å². The monoisotopic (exact) mass is 442 g/mol. The highest BCUT2D eigenvalue weighted by Gasteiger charge is 2.50. The lowest BCUT2D eigenvalue weighted by Gasteiger charge is -2.41. The minimum absolute atomic E-state index is 0.0880. The van der Waals surface area contributed by atoms with E-state index in [2.05, 4.69) is 25.7 Å². The average molecular weight is 443 g/mol. The van der Waals surface area contributed by atoms with Crippen LogP contribution < -0.4 is 10.1 Å². The average Bonchev–Trinajstić information content (AvgIpc) is 3.17. The lowest BCUT2D eigenvalue weighted by molar-refractivity contribution is -0.137. The Morgan fingerprint density at radius 3 is 2.75 bits per heavy atom. The predicted octanol–water partition coefficient (Wildman–Crippen LogP) is 2.15. The molecule has 3 rings (SSSR count). The van der Waals surface area contributed by atoms with Crippen molar-refractivity contribution in [1.82, 2.24) is 10.2 Å². The zero-order valence-corrected chi connectivity index (χ0v) is 18.9. The molecule has 4 unspecified atom stereocenters. The van der Waals surface area contributed by atoms with Crippen LogP contribution in [0.25, 0.3) is 0 Å². The summed E-state index contributed by atoms with van der Waals surface area (Å²) in [4.78, 5) is 27.8. The molecular weight excluding hydrogens is 408 g/mol. The number of aliphatic hydroxyl groups excluding tert-OH is 2. The van der Waals surface area contributed by atoms with Gasteiger partial charge in [-0.25, -0.2) is 0 Å². The number of carbonyl (C=O) groups excluding carboxylic acids is 2. The van der Waals surface area contributed by atoms with Crippen molar-refractivity contribution < 1.29 is 24.5 Å². The summed E-state index contributed by atoms with van der Waals surface area (Å²) >= 11 is 0. The van der Waals surface area contributed by atoms with Crippen molar-refractivity contribution >= 4 is 11.8 Å². The Bertz CT molecular complexity index is 866. The second-order valence-electron chi connectivity index (χ2n) is 8.78. The Labute approximate surface area is 189 Å². The molecule has 7 nitrogen and oxygen atoms in total. The van der Waals surface area contributed by atoms with Crippen molar-refractivity contribution in [3.8, 4) is 5.75 Å². The molecule has 174 valence electrons. The van der Waals surface area contributed by atoms with Crippen molar-refractivity contribution in [1.29, 1.82) is 0 Å². The fourth-order valence-corrected chi connectivity index (χ4v) is 4.40. The van der Waals surface area contributed by atoms with Gasteiger partial charge in [0, 0.05) is 30.6 Å². The van der Waals surface area contributed by atoms with Crippen LogP contribution in [0.1, 0.15) is 44.6 Å². The van der Waals surface area contributed by atoms with Crippen LogP contribution >= 0.6 is 0 Å². The van der Waals surface area contributed by atoms with Crippen molar-refractivity contribution in [2.75, 3.05) is 19.7 Å². The van der Waals surface area contributed by atoms with Gasteiger partial charge in [-0.05, 0) is 30.9 Å². The topological polar surface area (TPSA) is 99.1 Å². The van der Waals surface area contributed by atoms with Crippen molar-refractivity contribution in [3.63, 3.8) is 0 Å². The molecular formula is C25H34N2O5. The summed E-state index contributed by atoms with van der Waals surface area (Å²) in [5.41, 5.74) is 1.29. The van der Waals surface area contributed by atoms with E-state index in [1.165, 1.54) is 0 Å². The zero-order valence-electron chi connectivity index (χ0n) is 18.9. The third-order valence-electron chi connectivity index (χ3n) is 6.07. The maximum absolute atomic E-state index is 13.1. The van der Waals surface area contributed by atoms with Crippen LogP contribution in [0.3, 0.4) is 0 Å². The number of rotatable bonds is 10. The molecule has 2 aliphatic rings. The normalized spacial score (nSPS) is 23.6. The molecule has 0 fully saturated rings. The molecule has 0 radical (unpaired) electrons. The number of carbonyl (C=O) groups is 2. The van der Waals surface area contributed by atoms with Crippen LogP contribution in [0.5, 0.6) is 5.75 Å². The number of benzene rings is 1. The Morgan fingerprint density at radius 2 is 2.06 bits per heavy atom. The molecule has 1 aliphatic heterocycles. The van der Waals surface area contributed by atoms with E-state index in [-0.39, 0.29) is 25.0 Å². The number of allylic oxidation sites excluding steroid dienone is 1. The quantitative estimate of drug-likeness (QED) is 0.482. The lowest BCUT2D eigenvalue weighted by Crippen LogP contribution is -2.56. The van der Waals surface area contributed by atoms with Gasteiger partial charge in [0.05, 0.1) is 18.6 Å². The molecule has 0 bridgehead atoms. The number of ether oxygens (including phenoxy) is 1. The highest BCUT2D eigenvalue weighted by Crippen LogP contribution is 2.47. The van der Waals surface area contributed by atoms with E-state index in [9.17, 15) is 14.7 Å². The third kappa shape index (κ3) is 5.05. The van der Waals surface area contributed by atoms with Gasteiger partial charge in [0.1, 0.15) is 18.0 Å². The molecule has 1 aliphatic carbocycles. The van der Waals surface area contributed by atoms with Crippen LogP contribution in [0.4, 0.5) is 0 Å². The predicted molar refractivity (Wildman–Crippen MR) is 122 cm³/mol. The van der Waals surface area contributed by atoms with Gasteiger partial charge in [0.2, 0.25) is 11.8 Å². The first-order valence-corrected chi connectivity index (χ1v) is 11.3. The largest absolute Gasteiger partial charge is 0.486 e. The summed E-state index contributed by atoms with van der Waals surface area (Å²) < 4.78 is 6.10. The van der Waals surface area contributed by atoms with Gasteiger partial charge in [0.15, 0.2) is 0 Å². The van der Waals surface area contributed by atoms with Gasteiger partial charge in [-0.1, -0.05) is 38.1 Å². The molecule has 4 atom stereocenters. The van der Waals surface area contributed by atoms with Crippen LogP contribution in [0.15, 0.2) is 48.6 Å². The second-order valence-corrected chi connectivity index (χ2v) is 8.78. The first kappa shape index (κ1) is 24.0. The van der Waals surface area contributed by atoms with E-state index in [1.54, 1.807) is 17.1 Å². The van der Waals surface area contributed by atoms with Crippen LogP contribution in [0.2, 0.25) is 0 Å². The number of aliphatic hydroxyl groups is 2. The van der Waals surface area contributed by atoms with Crippen molar-refractivity contribution in [3.05, 3.63) is 54.1 Å². The fourth-order valence-electron chi connectivity index (χ4n) is 4.40. The molecule has 0 spiro atoms. The minimum atomic E-state index is -0.985. The van der Waals surface area contributed by atoms with Gasteiger partial charge in [0.25, 0.3) is 0 Å². The fraction of sp³-hybridized carbons (Fsp3) is 0.520. The SMILES string of the molecule is C=CCCC(=O)N(CCC(C)C)C1C=C(C(=O)NCCO)C2c3ccccc3OC2C1O. The number of nitrogens with one attached hydrogen (secondary N) is 1. The highest BCUT2D eigenvalue weighted by atomic mass is 16.5. The summed E-state index contributed by atoms with van der Waals surface area (Å²) in [5, 5.41) is 23.2. The third-order valence-corrected chi connectivity index (χ3v) is 6.07. The molecule has 0 aromatic heterocycles. The second kappa shape index (κ2) is 10.8. The summed E-state index contributed by atoms with van der Waals surface area (Å²) in [5.74, 6) is 0.158. The van der Waals surface area contributed by atoms with Gasteiger partial charge in [-0.15, -0.1) is 6.58 Å². The first-order valence-electron chi connectivity index (χ1n) is 11.3. The molecule has 1 aromatic carbocycles. The Hall–Kier alpha value is -2.64. The summed E-state index contributed by atoms with van der Waals surface area (Å²) in [6.45, 7) is 8.29. The number of nitrogens with zero attached hydrogens (tertiary/aromatic N) is 1. The Balaban J connectivity index is 2.00. The molecule has 3 N–H and O–H groups in total. The number of hydrogen-bond donors (Lipinski definition) is 3. The molecule has 32 heavy (non-hydrogen) atoms. The van der Waals surface area contributed by atoms with Crippen LogP contribution in [0, 0.1) is 5.92 Å². The Kier molecular flexibility index (Phi) is 8.10. The summed E-state index contributed by atoms with van der Waals surface area (Å²) in [7, 11) is 0. The van der Waals surface area contributed by atoms with Crippen molar-refractivity contribution in [2.45, 2.75) is 57.3 Å². The van der Waals surface area contributed by atoms with Crippen molar-refractivity contribution in [2.24, 2.45) is 5.92 Å². The zero-order chi connectivity index (χ0) is 23.3. The smallest absolute Gasteiger partial charge is 0.247 e. The van der Waals surface area contributed by atoms with E-state index < -0.39 is 24.2 Å². The number of para-hydroxylation sites is 1. The number of fused-ring (bicyclic) bond motifs is 3. The lowest BCUT2D eigenvalue weighted by atomic mass is 9.77. The van der Waals surface area contributed by atoms with E-state index in [0.29, 0.717) is 36.6 Å². The highest BCUT2D eigenvalue weighted by molar-refractivity contribution is 5.96. The molecule has 2 amide bonds. The van der Waals surface area contributed by atoms with Gasteiger partial charge >= 0.3 is 0 Å². The van der Waals surface area contributed by atoms with Gasteiger partial charge in [-0.2, -0.15) is 0 Å². The van der Waals surface area contributed by atoms with Gasteiger partial charge in [-0.3, -0.25) is 9.59 Å². The molecule has 1 heterocycles. The molecule has 0 saturated heterocycles. The molecule has 1 aromatic rings. The van der Waals surface area contributed by atoms with Crippen LogP contribution in [-0.2, 0) is 9.59 Å². The number of amides is 2. The maximum Gasteiger partial charge on any atom is 0.247 e.